The second-order valence-electron chi connectivity index (χ2n) is 11.2. The number of carbonyl (C=O) groups is 2. The molecule has 0 heterocycles. The van der Waals surface area contributed by atoms with Crippen LogP contribution < -0.4 is 9.47 Å². The van der Waals surface area contributed by atoms with Crippen molar-refractivity contribution in [3.8, 4) is 11.5 Å². The molecule has 0 N–H and O–H groups in total. The summed E-state index contributed by atoms with van der Waals surface area (Å²) < 4.78 is 11.1. The van der Waals surface area contributed by atoms with E-state index >= 15 is 0 Å². The molecule has 3 aromatic carbocycles. The zero-order valence-electron chi connectivity index (χ0n) is 26.7. The fourth-order valence-electron chi connectivity index (χ4n) is 4.78. The molecule has 0 aromatic heterocycles. The molecule has 3 aromatic rings. The topological polar surface area (TPSA) is 52.6 Å². The molecule has 0 aliphatic carbocycles. The van der Waals surface area contributed by atoms with Crippen LogP contribution in [0.4, 0.5) is 0 Å². The minimum atomic E-state index is -0.414. The third kappa shape index (κ3) is 14.4. The predicted molar refractivity (Wildman–Crippen MR) is 187 cm³/mol. The minimum Gasteiger partial charge on any atom is -0.423 e. The Bertz CT molecular complexity index is 1110. The largest absolute Gasteiger partial charge is 0.423 e. The molecule has 0 spiro atoms. The molecule has 0 bridgehead atoms. The zero-order chi connectivity index (χ0) is 31.2. The second-order valence-corrected chi connectivity index (χ2v) is 13.6. The van der Waals surface area contributed by atoms with Crippen LogP contribution in [0.3, 0.4) is 0 Å². The highest BCUT2D eigenvalue weighted by Gasteiger charge is 2.12. The fourth-order valence-corrected chi connectivity index (χ4v) is 6.61. The molecule has 44 heavy (non-hydrogen) atoms. The summed E-state index contributed by atoms with van der Waals surface area (Å²) in [5, 5.41) is 0. The molecule has 0 saturated carbocycles. The molecule has 0 aliphatic rings. The van der Waals surface area contributed by atoms with Crippen molar-refractivity contribution in [1.82, 2.24) is 0 Å². The highest BCUT2D eigenvalue weighted by molar-refractivity contribution is 7.99. The number of esters is 2. The second kappa shape index (κ2) is 21.9. The quantitative estimate of drug-likeness (QED) is 0.0474. The monoisotopic (exact) mass is 634 g/mol. The summed E-state index contributed by atoms with van der Waals surface area (Å²) in [6, 6.07) is 21.7. The van der Waals surface area contributed by atoms with Gasteiger partial charge in [-0.25, -0.2) is 9.59 Å². The van der Waals surface area contributed by atoms with Crippen LogP contribution in [0.25, 0.3) is 0 Å². The van der Waals surface area contributed by atoms with Gasteiger partial charge < -0.3 is 9.47 Å². The van der Waals surface area contributed by atoms with Crippen LogP contribution in [0.2, 0.25) is 0 Å². The SMILES string of the molecule is CCCCCCCCCSc1ccc(C(=O)Oc2ccc(OC(=O)c3ccc(SCCCCCCCCC)cc3)cc2)cc1. The Hall–Kier alpha value is -2.70. The van der Waals surface area contributed by atoms with E-state index in [2.05, 4.69) is 13.8 Å². The van der Waals surface area contributed by atoms with Crippen molar-refractivity contribution in [3.63, 3.8) is 0 Å². The van der Waals surface area contributed by atoms with Crippen molar-refractivity contribution in [2.45, 2.75) is 114 Å². The van der Waals surface area contributed by atoms with Crippen LogP contribution in [0.15, 0.2) is 82.6 Å². The number of rotatable bonds is 22. The maximum atomic E-state index is 12.6. The van der Waals surface area contributed by atoms with Gasteiger partial charge in [-0.1, -0.05) is 90.9 Å². The first kappa shape index (κ1) is 35.8. The maximum absolute atomic E-state index is 12.6. The van der Waals surface area contributed by atoms with Crippen molar-refractivity contribution in [2.75, 3.05) is 11.5 Å². The summed E-state index contributed by atoms with van der Waals surface area (Å²) in [6.07, 6.45) is 18.3. The van der Waals surface area contributed by atoms with Gasteiger partial charge in [-0.05, 0) is 97.1 Å². The fraction of sp³-hybridized carbons (Fsp3) is 0.474. The number of benzene rings is 3. The van der Waals surface area contributed by atoms with E-state index in [1.807, 2.05) is 72.1 Å². The van der Waals surface area contributed by atoms with E-state index in [4.69, 9.17) is 9.47 Å². The molecule has 238 valence electrons. The molecule has 0 aliphatic heterocycles. The Morgan fingerprint density at radius 3 is 1.11 bits per heavy atom. The zero-order valence-corrected chi connectivity index (χ0v) is 28.3. The summed E-state index contributed by atoms with van der Waals surface area (Å²) in [5.41, 5.74) is 1.01. The van der Waals surface area contributed by atoms with Crippen molar-refractivity contribution >= 4 is 35.5 Å². The van der Waals surface area contributed by atoms with Crippen LogP contribution in [-0.2, 0) is 0 Å². The van der Waals surface area contributed by atoms with Crippen LogP contribution in [0.5, 0.6) is 11.5 Å². The van der Waals surface area contributed by atoms with Crippen LogP contribution >= 0.6 is 23.5 Å². The lowest BCUT2D eigenvalue weighted by molar-refractivity contribution is 0.0719. The third-order valence-corrected chi connectivity index (χ3v) is 9.65. The van der Waals surface area contributed by atoms with Crippen molar-refractivity contribution in [1.29, 1.82) is 0 Å². The summed E-state index contributed by atoms with van der Waals surface area (Å²) in [7, 11) is 0. The molecule has 4 nitrogen and oxygen atoms in total. The molecule has 0 saturated heterocycles. The lowest BCUT2D eigenvalue weighted by atomic mass is 10.1. The Morgan fingerprint density at radius 2 is 0.773 bits per heavy atom. The molecule has 0 fully saturated rings. The Kier molecular flexibility index (Phi) is 17.8. The molecule has 6 heteroatoms. The molecule has 3 rings (SSSR count). The lowest BCUT2D eigenvalue weighted by Crippen LogP contribution is -2.09. The highest BCUT2D eigenvalue weighted by atomic mass is 32.2. The van der Waals surface area contributed by atoms with Crippen LogP contribution in [0.1, 0.15) is 124 Å². The number of hydrogen-bond donors (Lipinski definition) is 0. The van der Waals surface area contributed by atoms with Gasteiger partial charge in [-0.15, -0.1) is 23.5 Å². The maximum Gasteiger partial charge on any atom is 0.343 e. The third-order valence-electron chi connectivity index (χ3n) is 7.46. The number of carbonyl (C=O) groups excluding carboxylic acids is 2. The van der Waals surface area contributed by atoms with Crippen molar-refractivity contribution in [3.05, 3.63) is 83.9 Å². The summed E-state index contributed by atoms with van der Waals surface area (Å²) >= 11 is 3.66. The minimum absolute atomic E-state index is 0.398. The summed E-state index contributed by atoms with van der Waals surface area (Å²) in [4.78, 5) is 27.6. The number of unbranched alkanes of at least 4 members (excludes halogenated alkanes) is 12. The van der Waals surface area contributed by atoms with Gasteiger partial charge in [0, 0.05) is 9.79 Å². The normalized spacial score (nSPS) is 11.0. The van der Waals surface area contributed by atoms with E-state index in [9.17, 15) is 9.59 Å². The Labute approximate surface area is 274 Å². The van der Waals surface area contributed by atoms with Crippen LogP contribution in [0, 0.1) is 0 Å². The van der Waals surface area contributed by atoms with Gasteiger partial charge in [-0.3, -0.25) is 0 Å². The van der Waals surface area contributed by atoms with E-state index in [-0.39, 0.29) is 0 Å². The van der Waals surface area contributed by atoms with Gasteiger partial charge in [-0.2, -0.15) is 0 Å². The smallest absolute Gasteiger partial charge is 0.343 e. The number of thioether (sulfide) groups is 2. The molecular weight excluding hydrogens is 585 g/mol. The van der Waals surface area contributed by atoms with E-state index in [1.54, 1.807) is 24.3 Å². The molecular formula is C38H50O4S2. The van der Waals surface area contributed by atoms with Crippen molar-refractivity contribution in [2.24, 2.45) is 0 Å². The molecule has 0 atom stereocenters. The number of ether oxygens (including phenoxy) is 2. The summed E-state index contributed by atoms with van der Waals surface area (Å²) in [6.45, 7) is 4.49. The van der Waals surface area contributed by atoms with E-state index < -0.39 is 11.9 Å². The Balaban J connectivity index is 1.34. The van der Waals surface area contributed by atoms with Crippen LogP contribution in [-0.4, -0.2) is 23.4 Å². The first-order valence-corrected chi connectivity index (χ1v) is 18.6. The van der Waals surface area contributed by atoms with Gasteiger partial charge in [0.15, 0.2) is 0 Å². The van der Waals surface area contributed by atoms with E-state index in [0.29, 0.717) is 22.6 Å². The number of hydrogen-bond acceptors (Lipinski definition) is 6. The molecule has 0 amide bonds. The van der Waals surface area contributed by atoms with E-state index in [1.165, 1.54) is 89.9 Å². The standard InChI is InChI=1S/C38H50O4S2/c1-3-5-7-9-11-13-15-29-43-35-25-17-31(18-26-35)37(39)41-33-21-23-34(24-22-33)42-38(40)32-19-27-36(28-20-32)44-30-16-14-12-10-8-6-4-2/h17-28H,3-16,29-30H2,1-2H3. The van der Waals surface area contributed by atoms with Gasteiger partial charge >= 0.3 is 11.9 Å². The van der Waals surface area contributed by atoms with Gasteiger partial charge in [0.1, 0.15) is 11.5 Å². The predicted octanol–water partition coefficient (Wildman–Crippen LogP) is 11.8. The average Bonchev–Trinajstić information content (AvgIpc) is 3.05. The summed E-state index contributed by atoms with van der Waals surface area (Å²) in [5.74, 6) is 2.16. The Morgan fingerprint density at radius 1 is 0.455 bits per heavy atom. The average molecular weight is 635 g/mol. The molecule has 0 unspecified atom stereocenters. The molecule has 0 radical (unpaired) electrons. The lowest BCUT2D eigenvalue weighted by Gasteiger charge is -2.08. The highest BCUT2D eigenvalue weighted by Crippen LogP contribution is 2.24. The van der Waals surface area contributed by atoms with E-state index in [0.717, 1.165) is 21.3 Å². The first-order chi connectivity index (χ1) is 21.6. The van der Waals surface area contributed by atoms with Gasteiger partial charge in [0.25, 0.3) is 0 Å². The van der Waals surface area contributed by atoms with Crippen molar-refractivity contribution < 1.29 is 19.1 Å². The van der Waals surface area contributed by atoms with Gasteiger partial charge in [0.05, 0.1) is 11.1 Å². The van der Waals surface area contributed by atoms with Gasteiger partial charge in [0.2, 0.25) is 0 Å². The first-order valence-electron chi connectivity index (χ1n) is 16.6.